The van der Waals surface area contributed by atoms with Crippen molar-refractivity contribution in [2.45, 2.75) is 45.1 Å². The van der Waals surface area contributed by atoms with Crippen molar-refractivity contribution in [1.29, 1.82) is 0 Å². The molecule has 5 heterocycles. The van der Waals surface area contributed by atoms with Crippen LogP contribution in [0.1, 0.15) is 37.4 Å². The summed E-state index contributed by atoms with van der Waals surface area (Å²) in [5.41, 5.74) is 5.65. The Hall–Kier alpha value is -2.83. The van der Waals surface area contributed by atoms with Crippen molar-refractivity contribution in [1.82, 2.24) is 30.0 Å². The Labute approximate surface area is 164 Å². The monoisotopic (exact) mass is 378 g/mol. The Kier molecular flexibility index (Phi) is 3.92. The lowest BCUT2D eigenvalue weighted by atomic mass is 9.75. The maximum absolute atomic E-state index is 12.1. The minimum absolute atomic E-state index is 0.0609. The van der Waals surface area contributed by atoms with Crippen LogP contribution in [0.3, 0.4) is 0 Å². The number of urea groups is 1. The van der Waals surface area contributed by atoms with Crippen LogP contribution < -0.4 is 5.32 Å². The van der Waals surface area contributed by atoms with Gasteiger partial charge in [-0.05, 0) is 50.8 Å². The molecule has 3 aromatic rings. The average Bonchev–Trinajstić information content (AvgIpc) is 3.38. The molecule has 2 N–H and O–H groups in total. The highest BCUT2D eigenvalue weighted by atomic mass is 16.2. The number of nitrogens with zero attached hydrogens (tertiary/aromatic N) is 4. The van der Waals surface area contributed by atoms with Crippen molar-refractivity contribution in [2.75, 3.05) is 19.6 Å². The fourth-order valence-corrected chi connectivity index (χ4v) is 4.78. The molecule has 2 amide bonds. The second kappa shape index (κ2) is 6.36. The molecule has 0 bridgehead atoms. The number of rotatable bonds is 2. The standard InChI is InChI=1S/C21H26N6O/c1-3-22-20(28)26-7-4-21(5-8-26)6-9-27-18(21)11-17(25-27)15-10-16-14(2)12-23-19(16)24-13-15/h10-13H,3-9H2,1-2H3,(H,22,28)(H,23,24). The molecular weight excluding hydrogens is 352 g/mol. The van der Waals surface area contributed by atoms with E-state index in [4.69, 9.17) is 5.10 Å². The first-order chi connectivity index (χ1) is 13.6. The molecule has 7 heteroatoms. The SMILES string of the molecule is CCNC(=O)N1CCC2(CC1)CCn1nc(-c3cnc4[nH]cc(C)c4c3)cc12. The molecule has 5 rings (SSSR count). The van der Waals surface area contributed by atoms with Crippen LogP contribution >= 0.6 is 0 Å². The molecule has 2 aliphatic rings. The molecular formula is C21H26N6O. The number of nitrogens with one attached hydrogen (secondary N) is 2. The van der Waals surface area contributed by atoms with Gasteiger partial charge >= 0.3 is 6.03 Å². The van der Waals surface area contributed by atoms with E-state index in [1.54, 1.807) is 0 Å². The molecule has 0 aliphatic carbocycles. The number of carbonyl (C=O) groups is 1. The van der Waals surface area contributed by atoms with Gasteiger partial charge in [0.05, 0.1) is 5.69 Å². The van der Waals surface area contributed by atoms with Gasteiger partial charge in [0.15, 0.2) is 0 Å². The number of hydrogen-bond acceptors (Lipinski definition) is 3. The van der Waals surface area contributed by atoms with Gasteiger partial charge in [-0.25, -0.2) is 9.78 Å². The summed E-state index contributed by atoms with van der Waals surface area (Å²) in [7, 11) is 0. The number of amides is 2. The van der Waals surface area contributed by atoms with Crippen LogP contribution in [0.15, 0.2) is 24.5 Å². The molecule has 0 radical (unpaired) electrons. The van der Waals surface area contributed by atoms with E-state index in [1.807, 2.05) is 24.2 Å². The lowest BCUT2D eigenvalue weighted by molar-refractivity contribution is 0.157. The third kappa shape index (κ3) is 2.60. The summed E-state index contributed by atoms with van der Waals surface area (Å²) >= 11 is 0. The first-order valence-corrected chi connectivity index (χ1v) is 10.1. The maximum atomic E-state index is 12.1. The molecule has 7 nitrogen and oxygen atoms in total. The predicted octanol–water partition coefficient (Wildman–Crippen LogP) is 3.20. The van der Waals surface area contributed by atoms with Gasteiger partial charge in [-0.3, -0.25) is 4.68 Å². The zero-order valence-electron chi connectivity index (χ0n) is 16.5. The van der Waals surface area contributed by atoms with Crippen molar-refractivity contribution < 1.29 is 4.79 Å². The number of carbonyl (C=O) groups excluding carboxylic acids is 1. The maximum Gasteiger partial charge on any atom is 0.317 e. The van der Waals surface area contributed by atoms with Crippen molar-refractivity contribution in [3.8, 4) is 11.3 Å². The molecule has 0 aromatic carbocycles. The highest BCUT2D eigenvalue weighted by Gasteiger charge is 2.43. The fraction of sp³-hybridized carbons (Fsp3) is 0.476. The summed E-state index contributed by atoms with van der Waals surface area (Å²) in [6.07, 6.45) is 7.02. The van der Waals surface area contributed by atoms with E-state index in [0.717, 1.165) is 61.2 Å². The van der Waals surface area contributed by atoms with E-state index in [-0.39, 0.29) is 11.4 Å². The quantitative estimate of drug-likeness (QED) is 0.719. The normalized spacial score (nSPS) is 18.0. The molecule has 1 spiro atoms. The van der Waals surface area contributed by atoms with Gasteiger partial charge in [0.2, 0.25) is 0 Å². The van der Waals surface area contributed by atoms with Crippen LogP contribution in [-0.4, -0.2) is 50.3 Å². The number of aromatic nitrogens is 4. The van der Waals surface area contributed by atoms with E-state index in [1.165, 1.54) is 11.3 Å². The van der Waals surface area contributed by atoms with Gasteiger partial charge in [0.25, 0.3) is 0 Å². The number of hydrogen-bond donors (Lipinski definition) is 2. The van der Waals surface area contributed by atoms with Gasteiger partial charge in [-0.2, -0.15) is 5.10 Å². The Bertz CT molecular complexity index is 1040. The Balaban J connectivity index is 1.42. The third-order valence-electron chi connectivity index (χ3n) is 6.49. The van der Waals surface area contributed by atoms with Crippen molar-refractivity contribution in [2.24, 2.45) is 0 Å². The number of pyridine rings is 1. The van der Waals surface area contributed by atoms with Crippen LogP contribution in [0.2, 0.25) is 0 Å². The lowest BCUT2D eigenvalue weighted by Gasteiger charge is -2.38. The Morgan fingerprint density at radius 2 is 2.04 bits per heavy atom. The van der Waals surface area contributed by atoms with Gasteiger partial charge in [-0.15, -0.1) is 0 Å². The molecule has 3 aromatic heterocycles. The van der Waals surface area contributed by atoms with Crippen LogP contribution in [0, 0.1) is 6.92 Å². The van der Waals surface area contributed by atoms with Crippen LogP contribution in [0.4, 0.5) is 4.79 Å². The molecule has 1 fully saturated rings. The van der Waals surface area contributed by atoms with E-state index in [0.29, 0.717) is 6.54 Å². The Morgan fingerprint density at radius 3 is 2.82 bits per heavy atom. The minimum Gasteiger partial charge on any atom is -0.346 e. The molecule has 2 aliphatic heterocycles. The van der Waals surface area contributed by atoms with E-state index >= 15 is 0 Å². The van der Waals surface area contributed by atoms with E-state index in [9.17, 15) is 4.79 Å². The average molecular weight is 378 g/mol. The molecule has 0 unspecified atom stereocenters. The molecule has 28 heavy (non-hydrogen) atoms. The second-order valence-electron chi connectivity index (χ2n) is 8.08. The summed E-state index contributed by atoms with van der Waals surface area (Å²) in [6.45, 7) is 7.30. The van der Waals surface area contributed by atoms with Crippen molar-refractivity contribution in [3.05, 3.63) is 35.8 Å². The van der Waals surface area contributed by atoms with Crippen molar-refractivity contribution >= 4 is 17.1 Å². The lowest BCUT2D eigenvalue weighted by Crippen LogP contribution is -2.48. The minimum atomic E-state index is 0.0609. The summed E-state index contributed by atoms with van der Waals surface area (Å²) in [5.74, 6) is 0. The van der Waals surface area contributed by atoms with Gasteiger partial charge in [0, 0.05) is 60.6 Å². The van der Waals surface area contributed by atoms with Crippen molar-refractivity contribution in [3.63, 3.8) is 0 Å². The molecule has 1 saturated heterocycles. The molecule has 146 valence electrons. The fourth-order valence-electron chi connectivity index (χ4n) is 4.78. The first kappa shape index (κ1) is 17.3. The first-order valence-electron chi connectivity index (χ1n) is 10.1. The Morgan fingerprint density at radius 1 is 1.25 bits per heavy atom. The molecule has 0 atom stereocenters. The largest absolute Gasteiger partial charge is 0.346 e. The van der Waals surface area contributed by atoms with Gasteiger partial charge < -0.3 is 15.2 Å². The number of H-pyrrole nitrogens is 1. The topological polar surface area (TPSA) is 78.8 Å². The summed E-state index contributed by atoms with van der Waals surface area (Å²) in [4.78, 5) is 21.8. The van der Waals surface area contributed by atoms with Gasteiger partial charge in [0.1, 0.15) is 5.65 Å². The summed E-state index contributed by atoms with van der Waals surface area (Å²) in [5, 5.41) is 8.95. The number of aryl methyl sites for hydroxylation is 2. The smallest absolute Gasteiger partial charge is 0.317 e. The van der Waals surface area contributed by atoms with E-state index in [2.05, 4.69) is 39.0 Å². The highest BCUT2D eigenvalue weighted by Crippen LogP contribution is 2.44. The van der Waals surface area contributed by atoms with Crippen LogP contribution in [0.5, 0.6) is 0 Å². The number of likely N-dealkylation sites (tertiary alicyclic amines) is 1. The number of fused-ring (bicyclic) bond motifs is 3. The van der Waals surface area contributed by atoms with Gasteiger partial charge in [-0.1, -0.05) is 0 Å². The zero-order chi connectivity index (χ0) is 19.3. The summed E-state index contributed by atoms with van der Waals surface area (Å²) < 4.78 is 2.17. The second-order valence-corrected chi connectivity index (χ2v) is 8.08. The van der Waals surface area contributed by atoms with Crippen LogP contribution in [-0.2, 0) is 12.0 Å². The number of aromatic amines is 1. The number of piperidine rings is 1. The molecule has 0 saturated carbocycles. The highest BCUT2D eigenvalue weighted by molar-refractivity contribution is 5.83. The third-order valence-corrected chi connectivity index (χ3v) is 6.49. The van der Waals surface area contributed by atoms with Crippen LogP contribution in [0.25, 0.3) is 22.3 Å². The summed E-state index contributed by atoms with van der Waals surface area (Å²) in [6, 6.07) is 4.49. The van der Waals surface area contributed by atoms with E-state index < -0.39 is 0 Å². The zero-order valence-corrected chi connectivity index (χ0v) is 16.5. The predicted molar refractivity (Wildman–Crippen MR) is 108 cm³/mol.